The third-order valence-electron chi connectivity index (χ3n) is 7.75. The first kappa shape index (κ1) is 22.2. The Kier molecular flexibility index (Phi) is 5.81. The topological polar surface area (TPSA) is 72.5 Å². The molecule has 2 N–H and O–H groups in total. The number of hydrogen-bond donors (Lipinski definition) is 2. The number of fused-ring (bicyclic) bond motifs is 1. The summed E-state index contributed by atoms with van der Waals surface area (Å²) in [7, 11) is 0. The van der Waals surface area contributed by atoms with E-state index in [0.29, 0.717) is 17.7 Å². The highest BCUT2D eigenvalue weighted by molar-refractivity contribution is 5.68. The summed E-state index contributed by atoms with van der Waals surface area (Å²) < 4.78 is 11.9. The van der Waals surface area contributed by atoms with Crippen LogP contribution in [0.15, 0.2) is 42.5 Å². The van der Waals surface area contributed by atoms with Gasteiger partial charge in [-0.3, -0.25) is 0 Å². The molecular weight excluding hydrogens is 414 g/mol. The van der Waals surface area contributed by atoms with Crippen molar-refractivity contribution in [3.8, 4) is 5.88 Å². The van der Waals surface area contributed by atoms with Gasteiger partial charge in [-0.1, -0.05) is 50.1 Å². The van der Waals surface area contributed by atoms with Crippen LogP contribution in [0.5, 0.6) is 5.88 Å². The van der Waals surface area contributed by atoms with Gasteiger partial charge >= 0.3 is 6.09 Å². The molecule has 2 saturated carbocycles. The average molecular weight is 450 g/mol. The van der Waals surface area contributed by atoms with E-state index < -0.39 is 11.6 Å². The lowest BCUT2D eigenvalue weighted by Gasteiger charge is -2.30. The van der Waals surface area contributed by atoms with Gasteiger partial charge in [-0.05, 0) is 43.9 Å². The van der Waals surface area contributed by atoms with Gasteiger partial charge in [0.1, 0.15) is 12.7 Å². The smallest absolute Gasteiger partial charge is 0.408 e. The van der Waals surface area contributed by atoms with E-state index in [-0.39, 0.29) is 18.1 Å². The van der Waals surface area contributed by atoms with Crippen molar-refractivity contribution in [2.24, 2.45) is 11.8 Å². The monoisotopic (exact) mass is 449 g/mol. The number of nitrogens with zero attached hydrogens (tertiary/aromatic N) is 1. The molecule has 3 aliphatic rings. The predicted molar refractivity (Wildman–Crippen MR) is 127 cm³/mol. The van der Waals surface area contributed by atoms with Crippen LogP contribution in [0.2, 0.25) is 0 Å². The Hall–Kier alpha value is -2.60. The van der Waals surface area contributed by atoms with Crippen molar-refractivity contribution in [3.05, 3.63) is 59.3 Å². The van der Waals surface area contributed by atoms with E-state index in [1.54, 1.807) is 0 Å². The average Bonchev–Trinajstić information content (AvgIpc) is 3.17. The quantitative estimate of drug-likeness (QED) is 0.643. The molecule has 1 aliphatic heterocycles. The van der Waals surface area contributed by atoms with E-state index in [9.17, 15) is 4.79 Å². The van der Waals surface area contributed by atoms with Crippen molar-refractivity contribution in [1.29, 1.82) is 0 Å². The van der Waals surface area contributed by atoms with Crippen molar-refractivity contribution in [2.45, 2.75) is 70.1 Å². The molecule has 176 valence electrons. The lowest BCUT2D eigenvalue weighted by atomic mass is 9.82. The molecule has 33 heavy (non-hydrogen) atoms. The van der Waals surface area contributed by atoms with Crippen molar-refractivity contribution < 1.29 is 14.3 Å². The summed E-state index contributed by atoms with van der Waals surface area (Å²) in [4.78, 5) is 17.6. The molecule has 6 heteroatoms. The summed E-state index contributed by atoms with van der Waals surface area (Å²) in [6.07, 6.45) is 4.54. The highest BCUT2D eigenvalue weighted by Crippen LogP contribution is 2.46. The molecule has 3 fully saturated rings. The molecule has 0 radical (unpaired) electrons. The molecule has 2 aromatic rings. The van der Waals surface area contributed by atoms with Gasteiger partial charge in [0.15, 0.2) is 0 Å². The fourth-order valence-corrected chi connectivity index (χ4v) is 5.41. The lowest BCUT2D eigenvalue weighted by Crippen LogP contribution is -2.41. The van der Waals surface area contributed by atoms with Gasteiger partial charge in [-0.15, -0.1) is 0 Å². The predicted octanol–water partition coefficient (Wildman–Crippen LogP) is 4.67. The highest BCUT2D eigenvalue weighted by atomic mass is 16.5. The molecule has 6 nitrogen and oxygen atoms in total. The maximum Gasteiger partial charge on any atom is 0.408 e. The van der Waals surface area contributed by atoms with Crippen LogP contribution in [0.3, 0.4) is 0 Å². The Bertz CT molecular complexity index is 991. The third kappa shape index (κ3) is 4.72. The van der Waals surface area contributed by atoms with Gasteiger partial charge in [-0.2, -0.15) is 0 Å². The minimum atomic E-state index is -0.625. The van der Waals surface area contributed by atoms with Crippen LogP contribution in [0.1, 0.15) is 63.3 Å². The van der Waals surface area contributed by atoms with Crippen LogP contribution in [0, 0.1) is 11.8 Å². The lowest BCUT2D eigenvalue weighted by molar-refractivity contribution is 0.129. The fraction of sp³-hybridized carbons (Fsp3) is 0.556. The number of rotatable bonds is 7. The van der Waals surface area contributed by atoms with Gasteiger partial charge in [0.2, 0.25) is 5.88 Å². The summed E-state index contributed by atoms with van der Waals surface area (Å²) in [5, 5.41) is 6.47. The first-order valence-electron chi connectivity index (χ1n) is 12.2. The zero-order valence-electron chi connectivity index (χ0n) is 19.9. The van der Waals surface area contributed by atoms with Crippen LogP contribution >= 0.6 is 0 Å². The van der Waals surface area contributed by atoms with Gasteiger partial charge in [0.25, 0.3) is 0 Å². The number of benzene rings is 1. The van der Waals surface area contributed by atoms with Crippen molar-refractivity contribution >= 4 is 6.09 Å². The van der Waals surface area contributed by atoms with Crippen LogP contribution < -0.4 is 15.4 Å². The van der Waals surface area contributed by atoms with Crippen LogP contribution in [-0.4, -0.2) is 30.3 Å². The van der Waals surface area contributed by atoms with Crippen molar-refractivity contribution in [1.82, 2.24) is 15.6 Å². The molecule has 1 aromatic carbocycles. The molecule has 2 heterocycles. The van der Waals surface area contributed by atoms with E-state index in [2.05, 4.69) is 23.6 Å². The number of pyridine rings is 1. The Balaban J connectivity index is 1.34. The Labute approximate surface area is 196 Å². The Morgan fingerprint density at radius 1 is 1.15 bits per heavy atom. The molecule has 2 aliphatic carbocycles. The number of amides is 1. The molecular formula is C27H35N3O3. The van der Waals surface area contributed by atoms with Crippen molar-refractivity contribution in [2.75, 3.05) is 13.1 Å². The SMILES string of the molecule is CC1(c2cc(C(C)(C)NC(=O)OCc3ccccc3)cc(OC3C4CNCC43)n2)CCCC1. The number of piperidine rings is 1. The van der Waals surface area contributed by atoms with Gasteiger partial charge in [0, 0.05) is 36.4 Å². The summed E-state index contributed by atoms with van der Waals surface area (Å²) in [6.45, 7) is 8.62. The summed E-state index contributed by atoms with van der Waals surface area (Å²) >= 11 is 0. The molecule has 0 bridgehead atoms. The zero-order valence-corrected chi connectivity index (χ0v) is 19.9. The molecule has 1 amide bonds. The summed E-state index contributed by atoms with van der Waals surface area (Å²) in [6, 6.07) is 13.9. The minimum Gasteiger partial charge on any atom is -0.474 e. The van der Waals surface area contributed by atoms with Gasteiger partial charge < -0.3 is 20.1 Å². The maximum absolute atomic E-state index is 12.6. The second-order valence-corrected chi connectivity index (χ2v) is 10.7. The molecule has 1 saturated heterocycles. The van der Waals surface area contributed by atoms with Crippen LogP contribution in [0.25, 0.3) is 0 Å². The first-order valence-corrected chi connectivity index (χ1v) is 12.2. The Morgan fingerprint density at radius 2 is 1.85 bits per heavy atom. The first-order chi connectivity index (χ1) is 15.8. The van der Waals surface area contributed by atoms with Gasteiger partial charge in [-0.25, -0.2) is 9.78 Å². The summed E-state index contributed by atoms with van der Waals surface area (Å²) in [5.74, 6) is 1.88. The molecule has 1 aromatic heterocycles. The third-order valence-corrected chi connectivity index (χ3v) is 7.75. The van der Waals surface area contributed by atoms with Gasteiger partial charge in [0.05, 0.1) is 11.2 Å². The zero-order chi connectivity index (χ0) is 23.1. The van der Waals surface area contributed by atoms with E-state index in [1.807, 2.05) is 50.2 Å². The molecule has 2 unspecified atom stereocenters. The van der Waals surface area contributed by atoms with Crippen molar-refractivity contribution in [3.63, 3.8) is 0 Å². The second-order valence-electron chi connectivity index (χ2n) is 10.7. The van der Waals surface area contributed by atoms with Crippen LogP contribution in [0.4, 0.5) is 4.79 Å². The number of ether oxygens (including phenoxy) is 2. The number of aromatic nitrogens is 1. The normalized spacial score (nSPS) is 25.4. The number of hydrogen-bond acceptors (Lipinski definition) is 5. The number of nitrogens with one attached hydrogen (secondary N) is 2. The second kappa shape index (κ2) is 8.64. The fourth-order valence-electron chi connectivity index (χ4n) is 5.41. The number of alkyl carbamates (subject to hydrolysis) is 1. The number of carbonyl (C=O) groups is 1. The maximum atomic E-state index is 12.6. The largest absolute Gasteiger partial charge is 0.474 e. The number of carbonyl (C=O) groups excluding carboxylic acids is 1. The van der Waals surface area contributed by atoms with E-state index >= 15 is 0 Å². The molecule has 2 atom stereocenters. The van der Waals surface area contributed by atoms with E-state index in [0.717, 1.165) is 42.8 Å². The molecule has 0 spiro atoms. The Morgan fingerprint density at radius 3 is 2.55 bits per heavy atom. The van der Waals surface area contributed by atoms with E-state index in [1.165, 1.54) is 12.8 Å². The minimum absolute atomic E-state index is 0.0546. The standard InChI is InChI=1S/C27H35N3O3/c1-26(2,30-25(31)32-17-18-9-5-4-6-10-18)19-13-22(27(3)11-7-8-12-27)29-23(14-19)33-24-20-15-28-16-21(20)24/h4-6,9-10,13-14,20-21,24,28H,7-8,11-12,15-17H2,1-3H3,(H,30,31). The summed E-state index contributed by atoms with van der Waals surface area (Å²) in [5.41, 5.74) is 2.46. The highest BCUT2D eigenvalue weighted by Gasteiger charge is 2.55. The molecule has 5 rings (SSSR count). The van der Waals surface area contributed by atoms with Crippen LogP contribution in [-0.2, 0) is 22.3 Å². The van der Waals surface area contributed by atoms with E-state index in [4.69, 9.17) is 14.5 Å².